The van der Waals surface area contributed by atoms with Crippen LogP contribution in [0.1, 0.15) is 31.9 Å². The van der Waals surface area contributed by atoms with Gasteiger partial charge in [-0.2, -0.15) is 0 Å². The Kier molecular flexibility index (Phi) is 4.71. The van der Waals surface area contributed by atoms with E-state index in [0.717, 1.165) is 16.8 Å². The van der Waals surface area contributed by atoms with Gasteiger partial charge < -0.3 is 5.11 Å². The highest BCUT2D eigenvalue weighted by molar-refractivity contribution is 5.89. The summed E-state index contributed by atoms with van der Waals surface area (Å²) in [5, 5.41) is 10.6. The van der Waals surface area contributed by atoms with E-state index < -0.39 is 0 Å². The Morgan fingerprint density at radius 1 is 0.800 bits per heavy atom. The number of hydrogen-bond acceptors (Lipinski definition) is 2. The molecule has 0 amide bonds. The molecular formula is C23H23NO. The van der Waals surface area contributed by atoms with Gasteiger partial charge in [-0.25, -0.2) is 0 Å². The van der Waals surface area contributed by atoms with E-state index in [1.54, 1.807) is 6.21 Å². The molecule has 0 aromatic heterocycles. The second kappa shape index (κ2) is 6.94. The lowest BCUT2D eigenvalue weighted by Crippen LogP contribution is -2.10. The summed E-state index contributed by atoms with van der Waals surface area (Å²) < 4.78 is 0. The first-order valence-electron chi connectivity index (χ1n) is 8.47. The van der Waals surface area contributed by atoms with Crippen LogP contribution in [0, 0.1) is 0 Å². The third kappa shape index (κ3) is 3.97. The lowest BCUT2D eigenvalue weighted by molar-refractivity contribution is 0.476. The third-order valence-electron chi connectivity index (χ3n) is 4.24. The number of aliphatic imine (C=N–C) groups is 1. The molecule has 1 N–H and O–H groups in total. The van der Waals surface area contributed by atoms with Gasteiger partial charge in [0.1, 0.15) is 5.75 Å². The van der Waals surface area contributed by atoms with E-state index in [1.165, 1.54) is 5.56 Å². The van der Waals surface area contributed by atoms with Gasteiger partial charge in [-0.05, 0) is 34.7 Å². The van der Waals surface area contributed by atoms with Gasteiger partial charge in [-0.1, -0.05) is 75.4 Å². The third-order valence-corrected chi connectivity index (χ3v) is 4.24. The van der Waals surface area contributed by atoms with E-state index in [0.29, 0.717) is 5.56 Å². The predicted molar refractivity (Wildman–Crippen MR) is 106 cm³/mol. The zero-order valence-corrected chi connectivity index (χ0v) is 14.9. The SMILES string of the molecule is CC(C)(C)c1ccc(N=Cc2cccc(-c3ccccc3)c2O)cc1. The fraction of sp³-hybridized carbons (Fsp3) is 0.174. The number of phenolic OH excluding ortho intramolecular Hbond substituents is 1. The fourth-order valence-electron chi connectivity index (χ4n) is 2.71. The van der Waals surface area contributed by atoms with Crippen LogP contribution < -0.4 is 0 Å². The highest BCUT2D eigenvalue weighted by Gasteiger charge is 2.12. The maximum absolute atomic E-state index is 10.6. The molecule has 2 heteroatoms. The maximum atomic E-state index is 10.6. The molecule has 25 heavy (non-hydrogen) atoms. The summed E-state index contributed by atoms with van der Waals surface area (Å²) in [5.74, 6) is 0.253. The molecule has 0 aliphatic carbocycles. The molecule has 0 fully saturated rings. The number of phenols is 1. The molecule has 0 saturated heterocycles. The molecule has 2 nitrogen and oxygen atoms in total. The molecular weight excluding hydrogens is 306 g/mol. The lowest BCUT2D eigenvalue weighted by Gasteiger charge is -2.18. The van der Waals surface area contributed by atoms with Crippen LogP contribution in [-0.4, -0.2) is 11.3 Å². The van der Waals surface area contributed by atoms with Crippen LogP contribution in [0.3, 0.4) is 0 Å². The summed E-state index contributed by atoms with van der Waals surface area (Å²) in [4.78, 5) is 4.51. The van der Waals surface area contributed by atoms with Gasteiger partial charge in [-0.15, -0.1) is 0 Å². The Morgan fingerprint density at radius 3 is 2.12 bits per heavy atom. The minimum Gasteiger partial charge on any atom is -0.507 e. The minimum absolute atomic E-state index is 0.129. The zero-order valence-electron chi connectivity index (χ0n) is 14.9. The van der Waals surface area contributed by atoms with Crippen molar-refractivity contribution in [1.29, 1.82) is 0 Å². The first-order valence-corrected chi connectivity index (χ1v) is 8.47. The Balaban J connectivity index is 1.87. The van der Waals surface area contributed by atoms with Crippen molar-refractivity contribution in [3.63, 3.8) is 0 Å². The average Bonchev–Trinajstić information content (AvgIpc) is 2.61. The predicted octanol–water partition coefficient (Wildman–Crippen LogP) is 6.11. The highest BCUT2D eigenvalue weighted by atomic mass is 16.3. The highest BCUT2D eigenvalue weighted by Crippen LogP contribution is 2.31. The van der Waals surface area contributed by atoms with Crippen LogP contribution in [0.15, 0.2) is 77.8 Å². The van der Waals surface area contributed by atoms with Crippen molar-refractivity contribution in [3.05, 3.63) is 83.9 Å². The number of aromatic hydroxyl groups is 1. The smallest absolute Gasteiger partial charge is 0.132 e. The van der Waals surface area contributed by atoms with Crippen LogP contribution in [0.5, 0.6) is 5.75 Å². The standard InChI is InChI=1S/C23H23NO/c1-23(2,3)19-12-14-20(15-13-19)24-16-18-10-7-11-21(22(18)25)17-8-5-4-6-9-17/h4-16,25H,1-3H3. The van der Waals surface area contributed by atoms with Crippen molar-refractivity contribution in [2.24, 2.45) is 4.99 Å². The van der Waals surface area contributed by atoms with E-state index in [-0.39, 0.29) is 11.2 Å². The molecule has 0 saturated carbocycles. The lowest BCUT2D eigenvalue weighted by atomic mass is 9.87. The van der Waals surface area contributed by atoms with Crippen molar-refractivity contribution in [2.75, 3.05) is 0 Å². The number of nitrogens with zero attached hydrogens (tertiary/aromatic N) is 1. The largest absolute Gasteiger partial charge is 0.507 e. The van der Waals surface area contributed by atoms with E-state index in [4.69, 9.17) is 0 Å². The number of para-hydroxylation sites is 1. The van der Waals surface area contributed by atoms with Gasteiger partial charge in [0.2, 0.25) is 0 Å². The topological polar surface area (TPSA) is 32.6 Å². The van der Waals surface area contributed by atoms with Crippen molar-refractivity contribution in [3.8, 4) is 16.9 Å². The quantitative estimate of drug-likeness (QED) is 0.578. The second-order valence-corrected chi connectivity index (χ2v) is 7.16. The Morgan fingerprint density at radius 2 is 1.48 bits per heavy atom. The Bertz CT molecular complexity index is 872. The summed E-state index contributed by atoms with van der Waals surface area (Å²) in [6, 6.07) is 23.8. The Hall–Kier alpha value is -2.87. The van der Waals surface area contributed by atoms with E-state index in [1.807, 2.05) is 60.7 Å². The molecule has 0 aliphatic rings. The first kappa shape index (κ1) is 17.0. The molecule has 3 aromatic carbocycles. The van der Waals surface area contributed by atoms with Crippen LogP contribution >= 0.6 is 0 Å². The number of benzene rings is 3. The molecule has 0 radical (unpaired) electrons. The summed E-state index contributed by atoms with van der Waals surface area (Å²) >= 11 is 0. The Labute approximate surface area is 149 Å². The number of hydrogen-bond donors (Lipinski definition) is 1. The summed E-state index contributed by atoms with van der Waals surface area (Å²) in [7, 11) is 0. The van der Waals surface area contributed by atoms with Crippen LogP contribution in [0.25, 0.3) is 11.1 Å². The molecule has 0 unspecified atom stereocenters. The molecule has 0 spiro atoms. The van der Waals surface area contributed by atoms with Crippen LogP contribution in [-0.2, 0) is 5.41 Å². The van der Waals surface area contributed by atoms with Gasteiger partial charge >= 0.3 is 0 Å². The summed E-state index contributed by atoms with van der Waals surface area (Å²) in [6.45, 7) is 6.58. The second-order valence-electron chi connectivity index (χ2n) is 7.16. The van der Waals surface area contributed by atoms with Gasteiger partial charge in [0.05, 0.1) is 5.69 Å². The molecule has 0 bridgehead atoms. The summed E-state index contributed by atoms with van der Waals surface area (Å²) in [5.41, 5.74) is 4.79. The van der Waals surface area contributed by atoms with Gasteiger partial charge in [-0.3, -0.25) is 4.99 Å². The summed E-state index contributed by atoms with van der Waals surface area (Å²) in [6.07, 6.45) is 1.72. The zero-order chi connectivity index (χ0) is 17.9. The normalized spacial score (nSPS) is 11.8. The molecule has 0 aliphatic heterocycles. The molecule has 0 heterocycles. The van der Waals surface area contributed by atoms with Crippen molar-refractivity contribution < 1.29 is 5.11 Å². The van der Waals surface area contributed by atoms with Gasteiger partial charge in [0.25, 0.3) is 0 Å². The van der Waals surface area contributed by atoms with Crippen molar-refractivity contribution in [1.82, 2.24) is 0 Å². The number of rotatable bonds is 3. The molecule has 3 rings (SSSR count). The first-order chi connectivity index (χ1) is 11.9. The monoisotopic (exact) mass is 329 g/mol. The average molecular weight is 329 g/mol. The minimum atomic E-state index is 0.129. The van der Waals surface area contributed by atoms with Gasteiger partial charge in [0.15, 0.2) is 0 Å². The van der Waals surface area contributed by atoms with Crippen LogP contribution in [0.4, 0.5) is 5.69 Å². The van der Waals surface area contributed by atoms with E-state index in [9.17, 15) is 5.11 Å². The molecule has 0 atom stereocenters. The maximum Gasteiger partial charge on any atom is 0.132 e. The van der Waals surface area contributed by atoms with Crippen LogP contribution in [0.2, 0.25) is 0 Å². The molecule has 3 aromatic rings. The van der Waals surface area contributed by atoms with Gasteiger partial charge in [0, 0.05) is 17.3 Å². The van der Waals surface area contributed by atoms with E-state index in [2.05, 4.69) is 37.9 Å². The van der Waals surface area contributed by atoms with Crippen molar-refractivity contribution in [2.45, 2.75) is 26.2 Å². The van der Waals surface area contributed by atoms with E-state index >= 15 is 0 Å². The fourth-order valence-corrected chi connectivity index (χ4v) is 2.71. The van der Waals surface area contributed by atoms with Crippen molar-refractivity contribution >= 4 is 11.9 Å². The molecule has 126 valence electrons.